The standard InChI is InChI=1S/C16H16N2S2/c1-2-3-14-15(18-8-7-17-16(18)20-14)12-4-5-13-11(10-12)6-9-19-13/h4-6,9-10H,2-3,7-8H2,1H3. The fourth-order valence-corrected chi connectivity index (χ4v) is 4.93. The van der Waals surface area contributed by atoms with E-state index < -0.39 is 0 Å². The van der Waals surface area contributed by atoms with E-state index in [2.05, 4.69) is 46.5 Å². The third-order valence-corrected chi connectivity index (χ3v) is 5.83. The number of fused-ring (bicyclic) bond motifs is 2. The molecule has 0 bridgehead atoms. The summed E-state index contributed by atoms with van der Waals surface area (Å²) in [6.07, 6.45) is 2.34. The van der Waals surface area contributed by atoms with Gasteiger partial charge < -0.3 is 4.90 Å². The van der Waals surface area contributed by atoms with Crippen molar-refractivity contribution < 1.29 is 0 Å². The molecule has 0 fully saturated rings. The van der Waals surface area contributed by atoms with E-state index in [0.717, 1.165) is 19.5 Å². The summed E-state index contributed by atoms with van der Waals surface area (Å²) in [7, 11) is 0. The van der Waals surface area contributed by atoms with Crippen LogP contribution in [0.15, 0.2) is 39.5 Å². The Morgan fingerprint density at radius 2 is 2.25 bits per heavy atom. The molecule has 0 unspecified atom stereocenters. The van der Waals surface area contributed by atoms with E-state index in [9.17, 15) is 0 Å². The minimum absolute atomic E-state index is 0.936. The van der Waals surface area contributed by atoms with Crippen LogP contribution >= 0.6 is 23.1 Å². The summed E-state index contributed by atoms with van der Waals surface area (Å²) in [6.45, 7) is 4.22. The quantitative estimate of drug-likeness (QED) is 0.810. The van der Waals surface area contributed by atoms with Crippen LogP contribution in [0, 0.1) is 0 Å². The normalized spacial score (nSPS) is 18.1. The highest BCUT2D eigenvalue weighted by atomic mass is 32.2. The third kappa shape index (κ3) is 1.90. The molecule has 20 heavy (non-hydrogen) atoms. The first-order valence-electron chi connectivity index (χ1n) is 7.07. The van der Waals surface area contributed by atoms with Gasteiger partial charge in [-0.1, -0.05) is 31.2 Å². The molecule has 0 radical (unpaired) electrons. The molecule has 1 aromatic heterocycles. The van der Waals surface area contributed by atoms with Crippen LogP contribution < -0.4 is 0 Å². The van der Waals surface area contributed by atoms with Crippen molar-refractivity contribution in [3.63, 3.8) is 0 Å². The second kappa shape index (κ2) is 4.93. The smallest absolute Gasteiger partial charge is 0.168 e. The fraction of sp³-hybridized carbons (Fsp3) is 0.312. The van der Waals surface area contributed by atoms with Crippen LogP contribution in [0.2, 0.25) is 0 Å². The molecule has 2 aliphatic heterocycles. The molecule has 1 aromatic carbocycles. The van der Waals surface area contributed by atoms with Crippen molar-refractivity contribution in [2.24, 2.45) is 4.99 Å². The van der Waals surface area contributed by atoms with Gasteiger partial charge in [0.15, 0.2) is 5.17 Å². The summed E-state index contributed by atoms with van der Waals surface area (Å²) < 4.78 is 1.37. The van der Waals surface area contributed by atoms with Gasteiger partial charge in [-0.15, -0.1) is 11.3 Å². The number of thioether (sulfide) groups is 1. The Morgan fingerprint density at radius 1 is 1.30 bits per heavy atom. The van der Waals surface area contributed by atoms with Gasteiger partial charge in [0.1, 0.15) is 0 Å². The SMILES string of the molecule is CCCC1=C(c2ccc3sccc3c2)N2CCN=C2S1. The molecule has 0 spiro atoms. The van der Waals surface area contributed by atoms with Crippen LogP contribution in [0.4, 0.5) is 0 Å². The number of aliphatic imine (C=N–C) groups is 1. The van der Waals surface area contributed by atoms with Gasteiger partial charge in [-0.25, -0.2) is 0 Å². The van der Waals surface area contributed by atoms with Crippen molar-refractivity contribution >= 4 is 44.0 Å². The Hall–Kier alpha value is -1.26. The Balaban J connectivity index is 1.83. The van der Waals surface area contributed by atoms with Crippen molar-refractivity contribution in [1.82, 2.24) is 4.90 Å². The second-order valence-electron chi connectivity index (χ2n) is 5.11. The van der Waals surface area contributed by atoms with E-state index in [1.165, 1.54) is 37.8 Å². The highest BCUT2D eigenvalue weighted by Crippen LogP contribution is 2.44. The molecular formula is C16H16N2S2. The number of nitrogens with zero attached hydrogens (tertiary/aromatic N) is 2. The lowest BCUT2D eigenvalue weighted by Gasteiger charge is -2.17. The van der Waals surface area contributed by atoms with Gasteiger partial charge in [0, 0.05) is 16.1 Å². The highest BCUT2D eigenvalue weighted by Gasteiger charge is 2.32. The molecule has 2 nitrogen and oxygen atoms in total. The largest absolute Gasteiger partial charge is 0.318 e. The van der Waals surface area contributed by atoms with Crippen LogP contribution in [0.25, 0.3) is 15.8 Å². The Kier molecular flexibility index (Phi) is 3.08. The average Bonchev–Trinajstić information content (AvgIpc) is 3.12. The van der Waals surface area contributed by atoms with Gasteiger partial charge in [0.25, 0.3) is 0 Å². The maximum Gasteiger partial charge on any atom is 0.168 e. The molecule has 0 saturated carbocycles. The zero-order valence-electron chi connectivity index (χ0n) is 11.4. The Bertz CT molecular complexity index is 727. The van der Waals surface area contributed by atoms with Crippen LogP contribution in [0.3, 0.4) is 0 Å². The molecule has 2 aliphatic rings. The number of hydrogen-bond acceptors (Lipinski definition) is 4. The summed E-state index contributed by atoms with van der Waals surface area (Å²) in [5.41, 5.74) is 2.75. The molecule has 0 amide bonds. The van der Waals surface area contributed by atoms with Crippen LogP contribution in [0.5, 0.6) is 0 Å². The lowest BCUT2D eigenvalue weighted by Crippen LogP contribution is -2.19. The third-order valence-electron chi connectivity index (χ3n) is 3.75. The van der Waals surface area contributed by atoms with Gasteiger partial charge >= 0.3 is 0 Å². The zero-order valence-corrected chi connectivity index (χ0v) is 13.1. The van der Waals surface area contributed by atoms with Gasteiger partial charge in [-0.05, 0) is 40.9 Å². The number of benzene rings is 1. The number of hydrogen-bond donors (Lipinski definition) is 0. The molecule has 4 rings (SSSR count). The fourth-order valence-electron chi connectivity index (χ4n) is 2.86. The van der Waals surface area contributed by atoms with Gasteiger partial charge in [0.05, 0.1) is 12.2 Å². The Morgan fingerprint density at radius 3 is 3.15 bits per heavy atom. The number of rotatable bonds is 3. The Labute approximate surface area is 127 Å². The molecular weight excluding hydrogens is 284 g/mol. The van der Waals surface area contributed by atoms with Crippen molar-refractivity contribution in [3.05, 3.63) is 40.1 Å². The van der Waals surface area contributed by atoms with E-state index >= 15 is 0 Å². The zero-order chi connectivity index (χ0) is 13.5. The minimum Gasteiger partial charge on any atom is -0.318 e. The molecule has 0 aliphatic carbocycles. The first-order chi connectivity index (χ1) is 9.86. The van der Waals surface area contributed by atoms with E-state index in [4.69, 9.17) is 0 Å². The summed E-state index contributed by atoms with van der Waals surface area (Å²) in [4.78, 5) is 8.52. The molecule has 0 saturated heterocycles. The van der Waals surface area contributed by atoms with Crippen LogP contribution in [0.1, 0.15) is 25.3 Å². The molecule has 0 atom stereocenters. The van der Waals surface area contributed by atoms with E-state index in [1.54, 1.807) is 0 Å². The van der Waals surface area contributed by atoms with Gasteiger partial charge in [-0.3, -0.25) is 4.99 Å². The lowest BCUT2D eigenvalue weighted by atomic mass is 10.1. The molecule has 2 aromatic rings. The first-order valence-corrected chi connectivity index (χ1v) is 8.77. The van der Waals surface area contributed by atoms with Crippen LogP contribution in [-0.2, 0) is 0 Å². The summed E-state index contributed by atoms with van der Waals surface area (Å²) in [5, 5.41) is 4.72. The van der Waals surface area contributed by atoms with E-state index in [-0.39, 0.29) is 0 Å². The first kappa shape index (κ1) is 12.5. The lowest BCUT2D eigenvalue weighted by molar-refractivity contribution is 0.646. The maximum absolute atomic E-state index is 4.62. The monoisotopic (exact) mass is 300 g/mol. The molecule has 102 valence electrons. The predicted octanol–water partition coefficient (Wildman–Crippen LogP) is 4.79. The molecule has 0 N–H and O–H groups in total. The summed E-state index contributed by atoms with van der Waals surface area (Å²) in [6, 6.07) is 9.07. The van der Waals surface area contributed by atoms with E-state index in [1.807, 2.05) is 23.1 Å². The number of allylic oxidation sites excluding steroid dienone is 1. The topological polar surface area (TPSA) is 15.6 Å². The molecule has 4 heteroatoms. The minimum atomic E-state index is 0.936. The average molecular weight is 300 g/mol. The summed E-state index contributed by atoms with van der Waals surface area (Å²) >= 11 is 3.68. The highest BCUT2D eigenvalue weighted by molar-refractivity contribution is 8.17. The molecule has 3 heterocycles. The van der Waals surface area contributed by atoms with Crippen molar-refractivity contribution in [2.75, 3.05) is 13.1 Å². The van der Waals surface area contributed by atoms with Gasteiger partial charge in [0.2, 0.25) is 0 Å². The summed E-state index contributed by atoms with van der Waals surface area (Å²) in [5.74, 6) is 0. The second-order valence-corrected chi connectivity index (χ2v) is 7.12. The maximum atomic E-state index is 4.62. The van der Waals surface area contributed by atoms with Crippen LogP contribution in [-0.4, -0.2) is 23.2 Å². The van der Waals surface area contributed by atoms with Crippen molar-refractivity contribution in [3.8, 4) is 0 Å². The number of amidine groups is 1. The number of thiophene rings is 1. The van der Waals surface area contributed by atoms with Crippen molar-refractivity contribution in [1.29, 1.82) is 0 Å². The van der Waals surface area contributed by atoms with E-state index in [0.29, 0.717) is 0 Å². The van der Waals surface area contributed by atoms with Gasteiger partial charge in [-0.2, -0.15) is 0 Å². The van der Waals surface area contributed by atoms with Crippen molar-refractivity contribution in [2.45, 2.75) is 19.8 Å². The predicted molar refractivity (Wildman–Crippen MR) is 90.3 cm³/mol.